The van der Waals surface area contributed by atoms with Crippen LogP contribution in [0.2, 0.25) is 0 Å². The average Bonchev–Trinajstić information content (AvgIpc) is 2.83. The number of carbonyl (C=O) groups is 3. The van der Waals surface area contributed by atoms with Crippen molar-refractivity contribution in [2.24, 2.45) is 5.92 Å². The van der Waals surface area contributed by atoms with Gasteiger partial charge in [-0.2, -0.15) is 0 Å². The number of methoxy groups -OCH3 is 1. The Morgan fingerprint density at radius 2 is 1.72 bits per heavy atom. The van der Waals surface area contributed by atoms with Crippen molar-refractivity contribution < 1.29 is 28.6 Å². The van der Waals surface area contributed by atoms with Gasteiger partial charge in [0.05, 0.1) is 24.8 Å². The zero-order valence-electron chi connectivity index (χ0n) is 21.4. The lowest BCUT2D eigenvalue weighted by Crippen LogP contribution is -2.47. The zero-order valence-corrected chi connectivity index (χ0v) is 21.4. The topological polar surface area (TPSA) is 115 Å². The first-order valence-electron chi connectivity index (χ1n) is 11.8. The lowest BCUT2D eigenvalue weighted by Gasteiger charge is -2.31. The minimum atomic E-state index is -0.754. The van der Waals surface area contributed by atoms with E-state index in [2.05, 4.69) is 16.0 Å². The standard InChI is InChI=1S/C27H33N3O6/c1-15(2)24-23(26(32)36-16(3)4)25(30-27(33)29-24)18-9-12-20(21(13-18)34-6)35-14-22(31)28-19-10-7-17(5)8-11-19/h7-13,15-16,25H,14H2,1-6H3,(H,28,31)(H2,29,30,33). The van der Waals surface area contributed by atoms with Gasteiger partial charge in [-0.25, -0.2) is 9.59 Å². The Hall–Kier alpha value is -4.01. The van der Waals surface area contributed by atoms with E-state index in [9.17, 15) is 14.4 Å². The van der Waals surface area contributed by atoms with Crippen LogP contribution in [0.1, 0.15) is 44.9 Å². The molecule has 1 aliphatic rings. The lowest BCUT2D eigenvalue weighted by atomic mass is 9.91. The molecule has 2 aromatic rings. The number of hydrogen-bond donors (Lipinski definition) is 3. The third-order valence-electron chi connectivity index (χ3n) is 5.46. The summed E-state index contributed by atoms with van der Waals surface area (Å²) < 4.78 is 16.6. The highest BCUT2D eigenvalue weighted by atomic mass is 16.5. The summed E-state index contributed by atoms with van der Waals surface area (Å²) in [4.78, 5) is 37.8. The highest BCUT2D eigenvalue weighted by molar-refractivity contribution is 5.95. The summed E-state index contributed by atoms with van der Waals surface area (Å²) in [7, 11) is 1.47. The van der Waals surface area contributed by atoms with Crippen LogP contribution in [0.5, 0.6) is 11.5 Å². The molecule has 192 valence electrons. The van der Waals surface area contributed by atoms with E-state index in [0.717, 1.165) is 5.56 Å². The summed E-state index contributed by atoms with van der Waals surface area (Å²) in [5.74, 6) is -0.257. The van der Waals surface area contributed by atoms with Crippen molar-refractivity contribution in [3.8, 4) is 11.5 Å². The number of carbonyl (C=O) groups excluding carboxylic acids is 3. The molecule has 3 rings (SSSR count). The highest BCUT2D eigenvalue weighted by Crippen LogP contribution is 2.36. The van der Waals surface area contributed by atoms with Gasteiger partial charge in [-0.05, 0) is 56.5 Å². The fraction of sp³-hybridized carbons (Fsp3) is 0.370. The number of urea groups is 1. The molecule has 9 nitrogen and oxygen atoms in total. The second-order valence-electron chi connectivity index (χ2n) is 9.08. The van der Waals surface area contributed by atoms with Crippen LogP contribution in [-0.4, -0.2) is 37.7 Å². The molecule has 0 aromatic heterocycles. The van der Waals surface area contributed by atoms with E-state index in [0.29, 0.717) is 34.0 Å². The van der Waals surface area contributed by atoms with Gasteiger partial charge in [0.2, 0.25) is 0 Å². The smallest absolute Gasteiger partial charge is 0.338 e. The number of amides is 3. The average molecular weight is 496 g/mol. The maximum absolute atomic E-state index is 13.0. The quantitative estimate of drug-likeness (QED) is 0.449. The molecule has 1 atom stereocenters. The predicted molar refractivity (Wildman–Crippen MR) is 136 cm³/mol. The third-order valence-corrected chi connectivity index (χ3v) is 5.46. The third kappa shape index (κ3) is 6.56. The van der Waals surface area contributed by atoms with Gasteiger partial charge in [0.15, 0.2) is 18.1 Å². The molecule has 0 spiro atoms. The summed E-state index contributed by atoms with van der Waals surface area (Å²) in [6.07, 6.45) is -0.326. The lowest BCUT2D eigenvalue weighted by molar-refractivity contribution is -0.143. The van der Waals surface area contributed by atoms with E-state index in [1.54, 1.807) is 32.0 Å². The minimum Gasteiger partial charge on any atom is -0.493 e. The predicted octanol–water partition coefficient (Wildman–Crippen LogP) is 4.24. The molecule has 0 fully saturated rings. The van der Waals surface area contributed by atoms with Crippen LogP contribution in [0.4, 0.5) is 10.5 Å². The van der Waals surface area contributed by atoms with Crippen LogP contribution in [0.25, 0.3) is 0 Å². The van der Waals surface area contributed by atoms with Gasteiger partial charge in [0.1, 0.15) is 0 Å². The fourth-order valence-corrected chi connectivity index (χ4v) is 3.76. The van der Waals surface area contributed by atoms with Crippen molar-refractivity contribution in [2.45, 2.75) is 46.8 Å². The molecule has 2 aromatic carbocycles. The van der Waals surface area contributed by atoms with E-state index in [4.69, 9.17) is 14.2 Å². The van der Waals surface area contributed by atoms with Crippen molar-refractivity contribution in [3.63, 3.8) is 0 Å². The molecular formula is C27H33N3O6. The number of allylic oxidation sites excluding steroid dienone is 1. The Kier molecular flexibility index (Phi) is 8.58. The molecule has 1 heterocycles. The molecule has 0 aliphatic carbocycles. The molecule has 0 saturated carbocycles. The Bertz CT molecular complexity index is 1150. The summed E-state index contributed by atoms with van der Waals surface area (Å²) in [6.45, 7) is 9.05. The number of benzene rings is 2. The van der Waals surface area contributed by atoms with Crippen molar-refractivity contribution >= 4 is 23.6 Å². The monoisotopic (exact) mass is 495 g/mol. The first-order valence-corrected chi connectivity index (χ1v) is 11.8. The molecule has 36 heavy (non-hydrogen) atoms. The Morgan fingerprint density at radius 1 is 1.03 bits per heavy atom. The Balaban J connectivity index is 1.83. The summed E-state index contributed by atoms with van der Waals surface area (Å²) in [5, 5.41) is 8.33. The number of rotatable bonds is 9. The maximum Gasteiger partial charge on any atom is 0.338 e. The number of aryl methyl sites for hydroxylation is 1. The maximum atomic E-state index is 13.0. The van der Waals surface area contributed by atoms with Gasteiger partial charge in [0.25, 0.3) is 5.91 Å². The molecular weight excluding hydrogens is 462 g/mol. The van der Waals surface area contributed by atoms with Crippen molar-refractivity contribution in [3.05, 3.63) is 64.9 Å². The number of esters is 1. The van der Waals surface area contributed by atoms with Crippen LogP contribution in [0.3, 0.4) is 0 Å². The molecule has 1 aliphatic heterocycles. The Labute approximate surface area is 211 Å². The van der Waals surface area contributed by atoms with Gasteiger partial charge in [0, 0.05) is 11.4 Å². The summed E-state index contributed by atoms with van der Waals surface area (Å²) in [5.41, 5.74) is 3.20. The van der Waals surface area contributed by atoms with Crippen molar-refractivity contribution in [2.75, 3.05) is 19.0 Å². The normalized spacial score (nSPS) is 15.3. The number of anilines is 1. The van der Waals surface area contributed by atoms with Crippen LogP contribution in [-0.2, 0) is 14.3 Å². The molecule has 3 N–H and O–H groups in total. The van der Waals surface area contributed by atoms with Crippen molar-refractivity contribution in [1.82, 2.24) is 10.6 Å². The summed E-state index contributed by atoms with van der Waals surface area (Å²) >= 11 is 0. The largest absolute Gasteiger partial charge is 0.493 e. The van der Waals surface area contributed by atoms with E-state index >= 15 is 0 Å². The van der Waals surface area contributed by atoms with E-state index in [-0.39, 0.29) is 24.5 Å². The fourth-order valence-electron chi connectivity index (χ4n) is 3.76. The molecule has 3 amide bonds. The highest BCUT2D eigenvalue weighted by Gasteiger charge is 2.35. The van der Waals surface area contributed by atoms with E-state index in [1.165, 1.54) is 7.11 Å². The number of hydrogen-bond acceptors (Lipinski definition) is 6. The van der Waals surface area contributed by atoms with Gasteiger partial charge >= 0.3 is 12.0 Å². The SMILES string of the molecule is COc1cc(C2NC(=O)NC(C(C)C)=C2C(=O)OC(C)C)ccc1OCC(=O)Nc1ccc(C)cc1. The number of nitrogens with one attached hydrogen (secondary N) is 3. The van der Waals surface area contributed by atoms with Gasteiger partial charge in [-0.3, -0.25) is 4.79 Å². The Morgan fingerprint density at radius 3 is 2.33 bits per heavy atom. The molecule has 9 heteroatoms. The van der Waals surface area contributed by atoms with Crippen LogP contribution >= 0.6 is 0 Å². The minimum absolute atomic E-state index is 0.121. The molecule has 0 bridgehead atoms. The van der Waals surface area contributed by atoms with Gasteiger partial charge in [-0.15, -0.1) is 0 Å². The van der Waals surface area contributed by atoms with E-state index in [1.807, 2.05) is 45.0 Å². The second kappa shape index (κ2) is 11.6. The van der Waals surface area contributed by atoms with Crippen LogP contribution < -0.4 is 25.4 Å². The second-order valence-corrected chi connectivity index (χ2v) is 9.08. The first-order chi connectivity index (χ1) is 17.1. The van der Waals surface area contributed by atoms with Crippen LogP contribution in [0.15, 0.2) is 53.7 Å². The van der Waals surface area contributed by atoms with Gasteiger partial charge in [-0.1, -0.05) is 37.6 Å². The molecule has 0 saturated heterocycles. The van der Waals surface area contributed by atoms with Crippen LogP contribution in [0, 0.1) is 12.8 Å². The van der Waals surface area contributed by atoms with Crippen molar-refractivity contribution in [1.29, 1.82) is 0 Å². The first kappa shape index (κ1) is 26.6. The molecule has 0 radical (unpaired) electrons. The summed E-state index contributed by atoms with van der Waals surface area (Å²) in [6, 6.07) is 11.3. The number of ether oxygens (including phenoxy) is 3. The van der Waals surface area contributed by atoms with E-state index < -0.39 is 18.0 Å². The van der Waals surface area contributed by atoms with Gasteiger partial charge < -0.3 is 30.2 Å². The molecule has 1 unspecified atom stereocenters. The zero-order chi connectivity index (χ0) is 26.4.